The third-order valence-corrected chi connectivity index (χ3v) is 7.12. The van der Waals surface area contributed by atoms with Gasteiger partial charge >= 0.3 is 10.2 Å². The molecule has 1 aliphatic carbocycles. The fourth-order valence-electron chi connectivity index (χ4n) is 4.00. The van der Waals surface area contributed by atoms with Crippen LogP contribution in [0.4, 0.5) is 10.1 Å². The van der Waals surface area contributed by atoms with E-state index in [1.165, 1.54) is 13.2 Å². The van der Waals surface area contributed by atoms with Gasteiger partial charge in [-0.15, -0.1) is 0 Å². The van der Waals surface area contributed by atoms with Crippen LogP contribution in [0.2, 0.25) is 0 Å². The molecule has 9 heteroatoms. The highest BCUT2D eigenvalue weighted by Gasteiger charge is 2.38. The largest absolute Gasteiger partial charge is 0.494 e. The molecule has 2 aliphatic rings. The first kappa shape index (κ1) is 20.9. The topological polar surface area (TPSA) is 79.0 Å². The van der Waals surface area contributed by atoms with Crippen LogP contribution in [0.5, 0.6) is 5.75 Å². The summed E-state index contributed by atoms with van der Waals surface area (Å²) in [7, 11) is -0.728. The van der Waals surface area contributed by atoms with Crippen LogP contribution < -0.4 is 13.8 Å². The number of anilines is 1. The molecule has 0 spiro atoms. The SMILES string of the molecule is COc1cc(CN(C)C2CCC(C)(C)CC2)cc(F)c1N1CC(=O)NS1(=O)=O. The van der Waals surface area contributed by atoms with E-state index in [0.29, 0.717) is 27.9 Å². The molecule has 1 saturated carbocycles. The number of carbonyl (C=O) groups excluding carboxylic acids is 1. The van der Waals surface area contributed by atoms with Gasteiger partial charge in [-0.1, -0.05) is 13.8 Å². The summed E-state index contributed by atoms with van der Waals surface area (Å²) in [5.74, 6) is -1.34. The van der Waals surface area contributed by atoms with Crippen LogP contribution >= 0.6 is 0 Å². The van der Waals surface area contributed by atoms with Crippen LogP contribution in [0.3, 0.4) is 0 Å². The van der Waals surface area contributed by atoms with Gasteiger partial charge in [0.05, 0.1) is 7.11 Å². The van der Waals surface area contributed by atoms with E-state index in [2.05, 4.69) is 18.7 Å². The van der Waals surface area contributed by atoms with Crippen LogP contribution in [0.1, 0.15) is 45.1 Å². The van der Waals surface area contributed by atoms with Crippen molar-refractivity contribution in [1.29, 1.82) is 0 Å². The van der Waals surface area contributed by atoms with Gasteiger partial charge in [0.2, 0.25) is 0 Å². The number of amides is 1. The zero-order valence-electron chi connectivity index (χ0n) is 16.8. The maximum atomic E-state index is 14.9. The standard InChI is InChI=1S/C19H28FN3O4S/c1-19(2)7-5-14(6-8-19)22(3)11-13-9-15(20)18(16(10-13)27-4)23-12-17(24)21-28(23,25)26/h9-10,14H,5-8,11-12H2,1-4H3,(H,21,24). The van der Waals surface area contributed by atoms with E-state index in [0.717, 1.165) is 25.7 Å². The Morgan fingerprint density at radius 1 is 1.32 bits per heavy atom. The summed E-state index contributed by atoms with van der Waals surface area (Å²) < 4.78 is 46.8. The number of benzene rings is 1. The second kappa shape index (κ2) is 7.51. The Bertz CT molecular complexity index is 862. The monoisotopic (exact) mass is 413 g/mol. The summed E-state index contributed by atoms with van der Waals surface area (Å²) in [6.07, 6.45) is 4.51. The highest BCUT2D eigenvalue weighted by atomic mass is 32.2. The van der Waals surface area contributed by atoms with Crippen molar-refractivity contribution in [2.24, 2.45) is 5.41 Å². The number of hydrogen-bond acceptors (Lipinski definition) is 5. The fraction of sp³-hybridized carbons (Fsp3) is 0.632. The molecule has 0 bridgehead atoms. The minimum Gasteiger partial charge on any atom is -0.494 e. The summed E-state index contributed by atoms with van der Waals surface area (Å²) in [6, 6.07) is 3.39. The highest BCUT2D eigenvalue weighted by Crippen LogP contribution is 2.38. The van der Waals surface area contributed by atoms with Crippen LogP contribution in [0.15, 0.2) is 12.1 Å². The number of carbonyl (C=O) groups is 1. The molecule has 1 N–H and O–H groups in total. The van der Waals surface area contributed by atoms with Gasteiger partial charge in [-0.25, -0.2) is 13.4 Å². The molecule has 0 aromatic heterocycles. The maximum absolute atomic E-state index is 14.9. The maximum Gasteiger partial charge on any atom is 0.326 e. The van der Waals surface area contributed by atoms with E-state index in [-0.39, 0.29) is 11.4 Å². The minimum atomic E-state index is -4.11. The van der Waals surface area contributed by atoms with Gasteiger partial charge in [0.25, 0.3) is 5.91 Å². The van der Waals surface area contributed by atoms with Crippen LogP contribution in [0.25, 0.3) is 0 Å². The van der Waals surface area contributed by atoms with Crippen LogP contribution in [-0.2, 0) is 21.5 Å². The highest BCUT2D eigenvalue weighted by molar-refractivity contribution is 7.92. The van der Waals surface area contributed by atoms with Gasteiger partial charge in [-0.05, 0) is 55.8 Å². The Balaban J connectivity index is 1.81. The van der Waals surface area contributed by atoms with Gasteiger partial charge < -0.3 is 4.74 Å². The van der Waals surface area contributed by atoms with E-state index >= 15 is 0 Å². The van der Waals surface area contributed by atoms with E-state index in [1.807, 2.05) is 11.8 Å². The van der Waals surface area contributed by atoms with Gasteiger partial charge in [-0.3, -0.25) is 9.69 Å². The van der Waals surface area contributed by atoms with Gasteiger partial charge in [0.15, 0.2) is 5.82 Å². The molecular formula is C19H28FN3O4S. The van der Waals surface area contributed by atoms with E-state index in [4.69, 9.17) is 4.74 Å². The molecule has 0 atom stereocenters. The normalized spacial score (nSPS) is 21.8. The summed E-state index contributed by atoms with van der Waals surface area (Å²) in [4.78, 5) is 13.7. The third kappa shape index (κ3) is 4.25. The zero-order valence-corrected chi connectivity index (χ0v) is 17.6. The predicted octanol–water partition coefficient (Wildman–Crippen LogP) is 2.42. The third-order valence-electron chi connectivity index (χ3n) is 5.74. The molecule has 1 aromatic carbocycles. The lowest BCUT2D eigenvalue weighted by atomic mass is 9.75. The lowest BCUT2D eigenvalue weighted by molar-refractivity contribution is -0.117. The quantitative estimate of drug-likeness (QED) is 0.802. The summed E-state index contributed by atoms with van der Waals surface area (Å²) in [5.41, 5.74) is 0.828. The Kier molecular flexibility index (Phi) is 5.60. The molecule has 1 aliphatic heterocycles. The molecule has 7 nitrogen and oxygen atoms in total. The van der Waals surface area contributed by atoms with Crippen molar-refractivity contribution in [1.82, 2.24) is 9.62 Å². The molecule has 1 amide bonds. The molecule has 28 heavy (non-hydrogen) atoms. The Hall–Kier alpha value is -1.87. The first-order chi connectivity index (χ1) is 13.0. The number of nitrogens with zero attached hydrogens (tertiary/aromatic N) is 2. The van der Waals surface area contributed by atoms with Gasteiger partial charge in [-0.2, -0.15) is 8.42 Å². The smallest absolute Gasteiger partial charge is 0.326 e. The zero-order chi connectivity index (χ0) is 20.7. The number of rotatable bonds is 5. The van der Waals surface area contributed by atoms with Crippen molar-refractivity contribution in [2.75, 3.05) is 25.0 Å². The Morgan fingerprint density at radius 3 is 2.50 bits per heavy atom. The van der Waals surface area contributed by atoms with Crippen molar-refractivity contribution in [3.8, 4) is 5.75 Å². The molecule has 2 fully saturated rings. The summed E-state index contributed by atoms with van der Waals surface area (Å²) >= 11 is 0. The van der Waals surface area contributed by atoms with Crippen molar-refractivity contribution in [3.05, 3.63) is 23.5 Å². The molecular weight excluding hydrogens is 385 g/mol. The lowest BCUT2D eigenvalue weighted by Gasteiger charge is -2.38. The van der Waals surface area contributed by atoms with Gasteiger partial charge in [0, 0.05) is 12.6 Å². The van der Waals surface area contributed by atoms with Crippen LogP contribution in [0, 0.1) is 11.2 Å². The van der Waals surface area contributed by atoms with Crippen molar-refractivity contribution < 1.29 is 22.3 Å². The molecule has 1 saturated heterocycles. The number of nitrogens with one attached hydrogen (secondary N) is 1. The van der Waals surface area contributed by atoms with Crippen molar-refractivity contribution >= 4 is 21.8 Å². The number of hydrogen-bond donors (Lipinski definition) is 1. The van der Waals surface area contributed by atoms with Crippen molar-refractivity contribution in [2.45, 2.75) is 52.1 Å². The number of methoxy groups -OCH3 is 1. The molecule has 156 valence electrons. The number of halogens is 1. The molecule has 0 radical (unpaired) electrons. The predicted molar refractivity (Wildman–Crippen MR) is 105 cm³/mol. The molecule has 1 heterocycles. The second-order valence-electron chi connectivity index (χ2n) is 8.48. The second-order valence-corrected chi connectivity index (χ2v) is 10.1. The lowest BCUT2D eigenvalue weighted by Crippen LogP contribution is -2.36. The first-order valence-corrected chi connectivity index (χ1v) is 10.9. The van der Waals surface area contributed by atoms with Gasteiger partial charge in [0.1, 0.15) is 18.0 Å². The average Bonchev–Trinajstić information content (AvgIpc) is 2.86. The molecule has 3 rings (SSSR count). The summed E-state index contributed by atoms with van der Waals surface area (Å²) in [6.45, 7) is 4.64. The Labute approximate surface area is 166 Å². The fourth-order valence-corrected chi connectivity index (χ4v) is 5.17. The minimum absolute atomic E-state index is 0.0910. The molecule has 0 unspecified atom stereocenters. The summed E-state index contributed by atoms with van der Waals surface area (Å²) in [5, 5.41) is 0. The van der Waals surface area contributed by atoms with E-state index in [1.54, 1.807) is 6.07 Å². The number of ether oxygens (including phenoxy) is 1. The Morgan fingerprint density at radius 2 is 1.96 bits per heavy atom. The average molecular weight is 414 g/mol. The molecule has 1 aromatic rings. The van der Waals surface area contributed by atoms with E-state index < -0.39 is 28.5 Å². The van der Waals surface area contributed by atoms with Crippen molar-refractivity contribution in [3.63, 3.8) is 0 Å². The van der Waals surface area contributed by atoms with E-state index in [9.17, 15) is 17.6 Å². The van der Waals surface area contributed by atoms with Crippen LogP contribution in [-0.4, -0.2) is 46.0 Å². The first-order valence-electron chi connectivity index (χ1n) is 9.42.